The number of amides is 2. The number of aromatic nitrogens is 1. The topological polar surface area (TPSA) is 63.6 Å². The van der Waals surface area contributed by atoms with E-state index in [1.54, 1.807) is 0 Å². The van der Waals surface area contributed by atoms with E-state index in [4.69, 9.17) is 4.74 Å². The van der Waals surface area contributed by atoms with Crippen LogP contribution in [0.15, 0.2) is 42.6 Å². The van der Waals surface area contributed by atoms with Crippen molar-refractivity contribution in [2.24, 2.45) is 13.0 Å². The van der Waals surface area contributed by atoms with Crippen LogP contribution in [0.1, 0.15) is 39.3 Å². The molecular weight excluding hydrogens is 354 g/mol. The minimum absolute atomic E-state index is 0.0506. The third-order valence-electron chi connectivity index (χ3n) is 6.02. The van der Waals surface area contributed by atoms with Crippen molar-refractivity contribution in [1.82, 2.24) is 14.8 Å². The van der Waals surface area contributed by atoms with E-state index < -0.39 is 0 Å². The van der Waals surface area contributed by atoms with E-state index in [1.807, 2.05) is 66.0 Å². The van der Waals surface area contributed by atoms with Gasteiger partial charge in [0.15, 0.2) is 0 Å². The first kappa shape index (κ1) is 18.7. The van der Waals surface area contributed by atoms with Gasteiger partial charge in [0, 0.05) is 32.0 Å². The van der Waals surface area contributed by atoms with Crippen LogP contribution in [0.4, 0.5) is 0 Å². The standard InChI is InChI=1S/C22H27N3O3/c1-16-5-3-6-17(13-16)21(27)25-14-22(15-25)18(9-12-28-22)8-10-23-20(26)19-7-4-11-24(19)2/h3-7,11,13,18H,8-10,12,14-15H2,1-2H3,(H,23,26). The smallest absolute Gasteiger partial charge is 0.267 e. The van der Waals surface area contributed by atoms with Gasteiger partial charge < -0.3 is 19.5 Å². The Hall–Kier alpha value is -2.60. The zero-order valence-electron chi connectivity index (χ0n) is 16.5. The first-order valence-corrected chi connectivity index (χ1v) is 9.88. The minimum atomic E-state index is -0.241. The first-order valence-electron chi connectivity index (χ1n) is 9.88. The summed E-state index contributed by atoms with van der Waals surface area (Å²) in [4.78, 5) is 26.8. The number of nitrogens with one attached hydrogen (secondary N) is 1. The van der Waals surface area contributed by atoms with E-state index >= 15 is 0 Å². The van der Waals surface area contributed by atoms with Gasteiger partial charge in [-0.05, 0) is 49.9 Å². The van der Waals surface area contributed by atoms with Gasteiger partial charge in [0.05, 0.1) is 13.1 Å². The summed E-state index contributed by atoms with van der Waals surface area (Å²) in [6.45, 7) is 4.61. The number of hydrogen-bond donors (Lipinski definition) is 1. The summed E-state index contributed by atoms with van der Waals surface area (Å²) in [6.07, 6.45) is 3.71. The first-order chi connectivity index (χ1) is 13.5. The van der Waals surface area contributed by atoms with Gasteiger partial charge in [-0.2, -0.15) is 0 Å². The summed E-state index contributed by atoms with van der Waals surface area (Å²) in [7, 11) is 1.86. The summed E-state index contributed by atoms with van der Waals surface area (Å²) < 4.78 is 7.88. The zero-order chi connectivity index (χ0) is 19.7. The number of hydrogen-bond acceptors (Lipinski definition) is 3. The summed E-state index contributed by atoms with van der Waals surface area (Å²) in [5.41, 5.74) is 2.25. The van der Waals surface area contributed by atoms with E-state index in [-0.39, 0.29) is 17.4 Å². The molecular formula is C22H27N3O3. The molecule has 2 saturated heterocycles. The molecule has 2 aliphatic heterocycles. The molecule has 6 heteroatoms. The van der Waals surface area contributed by atoms with Crippen LogP contribution < -0.4 is 5.32 Å². The van der Waals surface area contributed by atoms with Crippen molar-refractivity contribution in [1.29, 1.82) is 0 Å². The van der Waals surface area contributed by atoms with Crippen LogP contribution in [-0.4, -0.2) is 53.1 Å². The van der Waals surface area contributed by atoms with E-state index in [0.717, 1.165) is 30.6 Å². The molecule has 4 rings (SSSR count). The van der Waals surface area contributed by atoms with Crippen LogP contribution in [0.3, 0.4) is 0 Å². The number of benzene rings is 1. The number of likely N-dealkylation sites (tertiary alicyclic amines) is 1. The van der Waals surface area contributed by atoms with Crippen molar-refractivity contribution in [3.8, 4) is 0 Å². The maximum absolute atomic E-state index is 12.7. The van der Waals surface area contributed by atoms with E-state index in [1.165, 1.54) is 0 Å². The summed E-state index contributed by atoms with van der Waals surface area (Å²) in [5.74, 6) is 0.383. The SMILES string of the molecule is Cc1cccc(C(=O)N2CC3(C2)OCCC3CCNC(=O)c2cccn2C)c1. The molecule has 0 saturated carbocycles. The van der Waals surface area contributed by atoms with Crippen molar-refractivity contribution in [3.05, 3.63) is 59.4 Å². The predicted octanol–water partition coefficient (Wildman–Crippen LogP) is 2.38. The fourth-order valence-corrected chi connectivity index (χ4v) is 4.39. The van der Waals surface area contributed by atoms with Gasteiger partial charge in [-0.1, -0.05) is 17.7 Å². The van der Waals surface area contributed by atoms with Crippen LogP contribution in [0.5, 0.6) is 0 Å². The number of rotatable bonds is 5. The Kier molecular flexibility index (Phi) is 4.98. The largest absolute Gasteiger partial charge is 0.371 e. The molecule has 1 N–H and O–H groups in total. The average molecular weight is 381 g/mol. The van der Waals surface area contributed by atoms with Crippen molar-refractivity contribution in [2.45, 2.75) is 25.4 Å². The molecule has 1 aromatic carbocycles. The number of carbonyl (C=O) groups is 2. The summed E-state index contributed by atoms with van der Waals surface area (Å²) >= 11 is 0. The molecule has 6 nitrogen and oxygen atoms in total. The average Bonchev–Trinajstić information content (AvgIpc) is 3.26. The Morgan fingerprint density at radius 3 is 2.79 bits per heavy atom. The molecule has 1 aromatic heterocycles. The van der Waals surface area contributed by atoms with Crippen molar-refractivity contribution < 1.29 is 14.3 Å². The molecule has 3 heterocycles. The third kappa shape index (κ3) is 3.44. The Balaban J connectivity index is 1.30. The fraction of sp³-hybridized carbons (Fsp3) is 0.455. The molecule has 0 bridgehead atoms. The predicted molar refractivity (Wildman–Crippen MR) is 106 cm³/mol. The van der Waals surface area contributed by atoms with Crippen molar-refractivity contribution in [3.63, 3.8) is 0 Å². The molecule has 28 heavy (non-hydrogen) atoms. The molecule has 2 fully saturated rings. The molecule has 0 radical (unpaired) electrons. The lowest BCUT2D eigenvalue weighted by Crippen LogP contribution is -2.66. The lowest BCUT2D eigenvalue weighted by Gasteiger charge is -2.50. The lowest BCUT2D eigenvalue weighted by atomic mass is 9.78. The third-order valence-corrected chi connectivity index (χ3v) is 6.02. The molecule has 2 aromatic rings. The maximum atomic E-state index is 12.7. The summed E-state index contributed by atoms with van der Waals surface area (Å²) in [5, 5.41) is 3.01. The lowest BCUT2D eigenvalue weighted by molar-refractivity contribution is -0.117. The van der Waals surface area contributed by atoms with Crippen LogP contribution in [0.25, 0.3) is 0 Å². The highest BCUT2D eigenvalue weighted by Crippen LogP contribution is 2.42. The molecule has 2 amide bonds. The van der Waals surface area contributed by atoms with Crippen LogP contribution in [0.2, 0.25) is 0 Å². The molecule has 1 atom stereocenters. The van der Waals surface area contributed by atoms with Gasteiger partial charge in [0.25, 0.3) is 11.8 Å². The number of carbonyl (C=O) groups excluding carboxylic acids is 2. The second-order valence-electron chi connectivity index (χ2n) is 7.98. The van der Waals surface area contributed by atoms with Gasteiger partial charge in [-0.15, -0.1) is 0 Å². The highest BCUT2D eigenvalue weighted by Gasteiger charge is 2.54. The van der Waals surface area contributed by atoms with E-state index in [2.05, 4.69) is 5.32 Å². The van der Waals surface area contributed by atoms with Crippen LogP contribution in [-0.2, 0) is 11.8 Å². The normalized spacial score (nSPS) is 20.2. The Bertz CT molecular complexity index is 883. The second-order valence-corrected chi connectivity index (χ2v) is 7.98. The number of ether oxygens (including phenoxy) is 1. The Labute approximate surface area is 165 Å². The van der Waals surface area contributed by atoms with E-state index in [9.17, 15) is 9.59 Å². The molecule has 2 aliphatic rings. The number of aryl methyl sites for hydroxylation is 2. The van der Waals surface area contributed by atoms with E-state index in [0.29, 0.717) is 31.2 Å². The Morgan fingerprint density at radius 1 is 1.25 bits per heavy atom. The monoisotopic (exact) mass is 381 g/mol. The number of nitrogens with zero attached hydrogens (tertiary/aromatic N) is 2. The summed E-state index contributed by atoms with van der Waals surface area (Å²) in [6, 6.07) is 11.4. The molecule has 1 unspecified atom stereocenters. The molecule has 1 spiro atoms. The van der Waals surface area contributed by atoms with Crippen LogP contribution >= 0.6 is 0 Å². The molecule has 0 aliphatic carbocycles. The van der Waals surface area contributed by atoms with Gasteiger partial charge in [0.1, 0.15) is 11.3 Å². The minimum Gasteiger partial charge on any atom is -0.371 e. The molecule has 148 valence electrons. The highest BCUT2D eigenvalue weighted by molar-refractivity contribution is 5.95. The zero-order valence-corrected chi connectivity index (χ0v) is 16.5. The van der Waals surface area contributed by atoms with Gasteiger partial charge in [0.2, 0.25) is 0 Å². The second kappa shape index (κ2) is 7.43. The van der Waals surface area contributed by atoms with Crippen LogP contribution in [0, 0.1) is 12.8 Å². The maximum Gasteiger partial charge on any atom is 0.267 e. The quantitative estimate of drug-likeness (QED) is 0.865. The fourth-order valence-electron chi connectivity index (χ4n) is 4.39. The van der Waals surface area contributed by atoms with Crippen molar-refractivity contribution in [2.75, 3.05) is 26.2 Å². The van der Waals surface area contributed by atoms with Gasteiger partial charge in [-0.3, -0.25) is 9.59 Å². The Morgan fingerprint density at radius 2 is 2.07 bits per heavy atom. The van der Waals surface area contributed by atoms with Gasteiger partial charge >= 0.3 is 0 Å². The highest BCUT2D eigenvalue weighted by atomic mass is 16.5. The van der Waals surface area contributed by atoms with Crippen molar-refractivity contribution >= 4 is 11.8 Å². The van der Waals surface area contributed by atoms with Gasteiger partial charge in [-0.25, -0.2) is 0 Å².